The van der Waals surface area contributed by atoms with Gasteiger partial charge >= 0.3 is 6.61 Å². The number of rotatable bonds is 6. The Kier molecular flexibility index (Phi) is 5.32. The zero-order chi connectivity index (χ0) is 15.2. The van der Waals surface area contributed by atoms with E-state index in [9.17, 15) is 13.6 Å². The van der Waals surface area contributed by atoms with E-state index in [0.29, 0.717) is 25.1 Å². The molecule has 0 bridgehead atoms. The summed E-state index contributed by atoms with van der Waals surface area (Å²) in [4.78, 5) is 11.1. The maximum absolute atomic E-state index is 12.5. The van der Waals surface area contributed by atoms with E-state index < -0.39 is 6.61 Å². The van der Waals surface area contributed by atoms with Gasteiger partial charge < -0.3 is 20.1 Å². The predicted octanol–water partition coefficient (Wildman–Crippen LogP) is 1.66. The number of carbonyl (C=O) groups excluding carboxylic acids is 1. The highest BCUT2D eigenvalue weighted by Crippen LogP contribution is 2.32. The molecule has 1 aromatic carbocycles. The summed E-state index contributed by atoms with van der Waals surface area (Å²) < 4.78 is 34.6. The number of carbonyl (C=O) groups is 1. The van der Waals surface area contributed by atoms with E-state index in [1.807, 2.05) is 0 Å². The molecule has 116 valence electrons. The van der Waals surface area contributed by atoms with Crippen LogP contribution in [-0.2, 0) is 11.3 Å². The molecule has 0 saturated carbocycles. The van der Waals surface area contributed by atoms with Crippen LogP contribution in [-0.4, -0.2) is 32.2 Å². The van der Waals surface area contributed by atoms with Crippen LogP contribution in [0.2, 0.25) is 0 Å². The zero-order valence-electron chi connectivity index (χ0n) is 11.7. The smallest absolute Gasteiger partial charge is 0.387 e. The van der Waals surface area contributed by atoms with E-state index in [1.165, 1.54) is 7.11 Å². The van der Waals surface area contributed by atoms with Crippen LogP contribution in [0.5, 0.6) is 11.5 Å². The summed E-state index contributed by atoms with van der Waals surface area (Å²) in [6, 6.07) is 5.11. The number of nitrogens with one attached hydrogen (secondary N) is 2. The van der Waals surface area contributed by atoms with Crippen LogP contribution in [0.3, 0.4) is 0 Å². The molecule has 1 aliphatic heterocycles. The lowest BCUT2D eigenvalue weighted by Gasteiger charge is -2.24. The maximum atomic E-state index is 12.5. The van der Waals surface area contributed by atoms with Crippen molar-refractivity contribution in [1.82, 2.24) is 10.6 Å². The Balaban J connectivity index is 2.03. The van der Waals surface area contributed by atoms with E-state index in [2.05, 4.69) is 15.4 Å². The van der Waals surface area contributed by atoms with Crippen molar-refractivity contribution in [2.24, 2.45) is 0 Å². The van der Waals surface area contributed by atoms with Crippen molar-refractivity contribution < 1.29 is 23.0 Å². The highest BCUT2D eigenvalue weighted by atomic mass is 19.3. The number of alkyl halides is 2. The van der Waals surface area contributed by atoms with Crippen LogP contribution in [0, 0.1) is 0 Å². The lowest BCUT2D eigenvalue weighted by atomic mass is 10.1. The molecular formula is C14H18F2N2O3. The van der Waals surface area contributed by atoms with Gasteiger partial charge in [-0.25, -0.2) is 0 Å². The number of piperidine rings is 1. The third-order valence-electron chi connectivity index (χ3n) is 3.33. The molecule has 7 heteroatoms. The van der Waals surface area contributed by atoms with E-state index in [0.717, 1.165) is 6.42 Å². The Morgan fingerprint density at radius 3 is 2.90 bits per heavy atom. The van der Waals surface area contributed by atoms with E-state index in [-0.39, 0.29) is 23.4 Å². The normalized spacial score (nSPS) is 18.5. The number of methoxy groups -OCH3 is 1. The molecule has 21 heavy (non-hydrogen) atoms. The molecule has 5 nitrogen and oxygen atoms in total. The Bertz CT molecular complexity index is 487. The molecule has 0 aliphatic carbocycles. The summed E-state index contributed by atoms with van der Waals surface area (Å²) in [5, 5.41) is 5.99. The number of hydrogen-bond acceptors (Lipinski definition) is 4. The minimum Gasteiger partial charge on any atom is -0.493 e. The molecule has 1 saturated heterocycles. The van der Waals surface area contributed by atoms with Gasteiger partial charge in [0.05, 0.1) is 7.11 Å². The van der Waals surface area contributed by atoms with Crippen molar-refractivity contribution in [3.63, 3.8) is 0 Å². The van der Waals surface area contributed by atoms with Gasteiger partial charge in [0.25, 0.3) is 0 Å². The van der Waals surface area contributed by atoms with E-state index >= 15 is 0 Å². The van der Waals surface area contributed by atoms with Gasteiger partial charge in [0, 0.05) is 31.1 Å². The SMILES string of the molecule is COc1cccc(CNC2CCC(=O)NC2)c1OC(F)F. The average molecular weight is 300 g/mol. The fraction of sp³-hybridized carbons (Fsp3) is 0.500. The second-order valence-corrected chi connectivity index (χ2v) is 4.75. The molecule has 0 radical (unpaired) electrons. The summed E-state index contributed by atoms with van der Waals surface area (Å²) in [5.74, 6) is 0.352. The number of hydrogen-bond donors (Lipinski definition) is 2. The highest BCUT2D eigenvalue weighted by Gasteiger charge is 2.19. The van der Waals surface area contributed by atoms with Crippen LogP contribution < -0.4 is 20.1 Å². The van der Waals surface area contributed by atoms with Crippen molar-refractivity contribution in [2.45, 2.75) is 32.0 Å². The van der Waals surface area contributed by atoms with E-state index in [1.54, 1.807) is 18.2 Å². The van der Waals surface area contributed by atoms with Crippen molar-refractivity contribution in [3.05, 3.63) is 23.8 Å². The van der Waals surface area contributed by atoms with Crippen LogP contribution in [0.4, 0.5) is 8.78 Å². The molecule has 1 amide bonds. The number of ether oxygens (including phenoxy) is 2. The van der Waals surface area contributed by atoms with Gasteiger partial charge in [0.2, 0.25) is 5.91 Å². The topological polar surface area (TPSA) is 59.6 Å². The molecule has 2 rings (SSSR count). The van der Waals surface area contributed by atoms with Crippen LogP contribution in [0.1, 0.15) is 18.4 Å². The molecule has 1 aliphatic rings. The van der Waals surface area contributed by atoms with Gasteiger partial charge in [-0.05, 0) is 12.5 Å². The molecule has 1 aromatic rings. The number of para-hydroxylation sites is 1. The number of benzene rings is 1. The van der Waals surface area contributed by atoms with Crippen LogP contribution in [0.15, 0.2) is 18.2 Å². The molecule has 1 heterocycles. The van der Waals surface area contributed by atoms with Crippen molar-refractivity contribution >= 4 is 5.91 Å². The van der Waals surface area contributed by atoms with Crippen LogP contribution in [0.25, 0.3) is 0 Å². The summed E-state index contributed by atoms with van der Waals surface area (Å²) in [6.07, 6.45) is 1.19. The molecule has 1 atom stereocenters. The summed E-state index contributed by atoms with van der Waals surface area (Å²) >= 11 is 0. The first-order valence-electron chi connectivity index (χ1n) is 6.71. The fourth-order valence-electron chi connectivity index (χ4n) is 2.25. The molecule has 1 unspecified atom stereocenters. The molecular weight excluding hydrogens is 282 g/mol. The van der Waals surface area contributed by atoms with Crippen molar-refractivity contribution in [2.75, 3.05) is 13.7 Å². The molecule has 1 fully saturated rings. The van der Waals surface area contributed by atoms with Crippen LogP contribution >= 0.6 is 0 Å². The second kappa shape index (κ2) is 7.21. The first kappa shape index (κ1) is 15.5. The van der Waals surface area contributed by atoms with E-state index in [4.69, 9.17) is 4.74 Å². The maximum Gasteiger partial charge on any atom is 0.387 e. The average Bonchev–Trinajstić information content (AvgIpc) is 2.47. The minimum absolute atomic E-state index is 0.0381. The van der Waals surface area contributed by atoms with Crippen molar-refractivity contribution in [3.8, 4) is 11.5 Å². The standard InChI is InChI=1S/C14H18F2N2O3/c1-20-11-4-2-3-9(13(11)21-14(15)16)7-17-10-5-6-12(19)18-8-10/h2-4,10,14,17H,5-8H2,1H3,(H,18,19). The first-order valence-corrected chi connectivity index (χ1v) is 6.71. The lowest BCUT2D eigenvalue weighted by molar-refractivity contribution is -0.122. The Morgan fingerprint density at radius 1 is 1.48 bits per heavy atom. The summed E-state index contributed by atoms with van der Waals surface area (Å²) in [6.45, 7) is -2.01. The molecule has 0 aromatic heterocycles. The van der Waals surface area contributed by atoms with Gasteiger partial charge in [-0.3, -0.25) is 4.79 Å². The second-order valence-electron chi connectivity index (χ2n) is 4.75. The van der Waals surface area contributed by atoms with Gasteiger partial charge in [-0.15, -0.1) is 0 Å². The Hall–Kier alpha value is -1.89. The minimum atomic E-state index is -2.91. The largest absolute Gasteiger partial charge is 0.493 e. The third-order valence-corrected chi connectivity index (χ3v) is 3.33. The summed E-state index contributed by atoms with van der Waals surface area (Å²) in [7, 11) is 1.40. The third kappa shape index (κ3) is 4.29. The predicted molar refractivity (Wildman–Crippen MR) is 72.5 cm³/mol. The Morgan fingerprint density at radius 2 is 2.29 bits per heavy atom. The zero-order valence-corrected chi connectivity index (χ0v) is 11.7. The fourth-order valence-corrected chi connectivity index (χ4v) is 2.25. The molecule has 0 spiro atoms. The first-order chi connectivity index (χ1) is 10.1. The number of amides is 1. The molecule has 2 N–H and O–H groups in total. The number of halogens is 2. The quantitative estimate of drug-likeness (QED) is 0.839. The van der Waals surface area contributed by atoms with Gasteiger partial charge in [0.15, 0.2) is 11.5 Å². The summed E-state index contributed by atoms with van der Waals surface area (Å²) in [5.41, 5.74) is 0.589. The Labute approximate surface area is 121 Å². The highest BCUT2D eigenvalue weighted by molar-refractivity contribution is 5.76. The lowest BCUT2D eigenvalue weighted by Crippen LogP contribution is -2.45. The monoisotopic (exact) mass is 300 g/mol. The van der Waals surface area contributed by atoms with Gasteiger partial charge in [0.1, 0.15) is 0 Å². The van der Waals surface area contributed by atoms with Gasteiger partial charge in [-0.2, -0.15) is 8.78 Å². The van der Waals surface area contributed by atoms with Gasteiger partial charge in [-0.1, -0.05) is 12.1 Å². The van der Waals surface area contributed by atoms with Crippen molar-refractivity contribution in [1.29, 1.82) is 0 Å².